The standard InChI is InChI=1S/C28H23N5O2/c34-23-13-7-12-22-21-14-18(16-33(22)23)15-32(17-21)27-24-26(29-25(30-27)19-8-3-1-4-9-19)31-28(35-24)20-10-5-2-6-11-20/h1-13,18,21H,14-17H2/t18-,21-/m0/s1. The zero-order valence-electron chi connectivity index (χ0n) is 19.0. The maximum atomic E-state index is 12.5. The summed E-state index contributed by atoms with van der Waals surface area (Å²) in [6.45, 7) is 2.30. The molecule has 0 aliphatic carbocycles. The molecule has 7 nitrogen and oxygen atoms in total. The summed E-state index contributed by atoms with van der Waals surface area (Å²) < 4.78 is 8.25. The lowest BCUT2D eigenvalue weighted by Crippen LogP contribution is -2.47. The molecule has 172 valence electrons. The normalized spacial score (nSPS) is 19.0. The molecule has 2 aromatic carbocycles. The average molecular weight is 462 g/mol. The van der Waals surface area contributed by atoms with Crippen molar-refractivity contribution >= 4 is 17.0 Å². The minimum Gasteiger partial charge on any atom is -0.430 e. The quantitative estimate of drug-likeness (QED) is 0.386. The van der Waals surface area contributed by atoms with Crippen molar-refractivity contribution in [3.05, 3.63) is 94.9 Å². The van der Waals surface area contributed by atoms with E-state index in [4.69, 9.17) is 19.4 Å². The van der Waals surface area contributed by atoms with E-state index < -0.39 is 0 Å². The number of hydrogen-bond acceptors (Lipinski definition) is 6. The van der Waals surface area contributed by atoms with Gasteiger partial charge in [0.2, 0.25) is 17.1 Å². The Morgan fingerprint density at radius 1 is 0.771 bits per heavy atom. The second kappa shape index (κ2) is 7.91. The number of benzene rings is 2. The van der Waals surface area contributed by atoms with Crippen LogP contribution in [0.2, 0.25) is 0 Å². The van der Waals surface area contributed by atoms with Crippen molar-refractivity contribution in [3.8, 4) is 22.8 Å². The Kier molecular flexibility index (Phi) is 4.55. The van der Waals surface area contributed by atoms with E-state index in [2.05, 4.69) is 11.0 Å². The Morgan fingerprint density at radius 2 is 1.54 bits per heavy atom. The van der Waals surface area contributed by atoms with Crippen molar-refractivity contribution in [2.75, 3.05) is 18.0 Å². The molecule has 3 aromatic heterocycles. The van der Waals surface area contributed by atoms with E-state index in [1.165, 1.54) is 0 Å². The van der Waals surface area contributed by atoms with Crippen LogP contribution in [0.15, 0.2) is 88.1 Å². The molecule has 0 amide bonds. The zero-order chi connectivity index (χ0) is 23.4. The molecule has 0 saturated carbocycles. The average Bonchev–Trinajstić information content (AvgIpc) is 3.34. The van der Waals surface area contributed by atoms with E-state index in [1.54, 1.807) is 6.07 Å². The molecule has 2 bridgehead atoms. The Bertz CT molecular complexity index is 1590. The van der Waals surface area contributed by atoms with E-state index in [0.29, 0.717) is 28.9 Å². The summed E-state index contributed by atoms with van der Waals surface area (Å²) in [5.41, 5.74) is 4.20. The molecule has 2 aliphatic heterocycles. The highest BCUT2D eigenvalue weighted by Crippen LogP contribution is 2.39. The SMILES string of the molecule is O=c1cccc2n1C[C@H]1C[C@H]2CN(c2nc(-c3ccccc3)nc3nc(-c4ccccc4)oc23)C1. The van der Waals surface area contributed by atoms with Crippen LogP contribution in [0.1, 0.15) is 18.0 Å². The molecule has 5 heterocycles. The summed E-state index contributed by atoms with van der Waals surface area (Å²) in [6, 6.07) is 25.5. The molecule has 1 fully saturated rings. The van der Waals surface area contributed by atoms with Crippen molar-refractivity contribution in [3.63, 3.8) is 0 Å². The molecule has 2 atom stereocenters. The van der Waals surface area contributed by atoms with Gasteiger partial charge in [-0.25, -0.2) is 9.97 Å². The molecule has 0 unspecified atom stereocenters. The number of hydrogen-bond donors (Lipinski definition) is 0. The summed E-state index contributed by atoms with van der Waals surface area (Å²) in [5, 5.41) is 0. The fourth-order valence-corrected chi connectivity index (χ4v) is 5.51. The molecule has 7 heteroatoms. The van der Waals surface area contributed by atoms with E-state index in [9.17, 15) is 4.79 Å². The van der Waals surface area contributed by atoms with Crippen LogP contribution in [0.5, 0.6) is 0 Å². The van der Waals surface area contributed by atoms with Crippen LogP contribution in [0.3, 0.4) is 0 Å². The number of aromatic nitrogens is 4. The molecule has 0 radical (unpaired) electrons. The van der Waals surface area contributed by atoms with Crippen molar-refractivity contribution in [1.82, 2.24) is 19.5 Å². The first kappa shape index (κ1) is 20.1. The Balaban J connectivity index is 1.37. The largest absolute Gasteiger partial charge is 0.430 e. The van der Waals surface area contributed by atoms with Crippen LogP contribution in [-0.4, -0.2) is 32.6 Å². The van der Waals surface area contributed by atoms with Crippen molar-refractivity contribution in [2.24, 2.45) is 5.92 Å². The van der Waals surface area contributed by atoms with Crippen LogP contribution in [-0.2, 0) is 6.54 Å². The van der Waals surface area contributed by atoms with Crippen LogP contribution in [0, 0.1) is 5.92 Å². The smallest absolute Gasteiger partial charge is 0.250 e. The summed E-state index contributed by atoms with van der Waals surface area (Å²) in [6.07, 6.45) is 1.07. The van der Waals surface area contributed by atoms with E-state index in [-0.39, 0.29) is 11.5 Å². The second-order valence-corrected chi connectivity index (χ2v) is 9.38. The van der Waals surface area contributed by atoms with Crippen molar-refractivity contribution in [2.45, 2.75) is 18.9 Å². The predicted octanol–water partition coefficient (Wildman–Crippen LogP) is 4.74. The Morgan fingerprint density at radius 3 is 2.34 bits per heavy atom. The minimum atomic E-state index is 0.0872. The number of nitrogens with zero attached hydrogens (tertiary/aromatic N) is 5. The maximum Gasteiger partial charge on any atom is 0.250 e. The summed E-state index contributed by atoms with van der Waals surface area (Å²) in [4.78, 5) is 29.3. The van der Waals surface area contributed by atoms with Crippen LogP contribution in [0.4, 0.5) is 5.82 Å². The number of oxazole rings is 1. The fraction of sp³-hybridized carbons (Fsp3) is 0.214. The number of fused-ring (bicyclic) bond motifs is 5. The predicted molar refractivity (Wildman–Crippen MR) is 134 cm³/mol. The molecular formula is C28H23N5O2. The van der Waals surface area contributed by atoms with Gasteiger partial charge >= 0.3 is 0 Å². The number of rotatable bonds is 3. The monoisotopic (exact) mass is 461 g/mol. The highest BCUT2D eigenvalue weighted by Gasteiger charge is 2.36. The summed E-state index contributed by atoms with van der Waals surface area (Å²) >= 11 is 0. The van der Waals surface area contributed by atoms with Gasteiger partial charge in [-0.1, -0.05) is 54.6 Å². The summed E-state index contributed by atoms with van der Waals surface area (Å²) in [7, 11) is 0. The van der Waals surface area contributed by atoms with Crippen LogP contribution < -0.4 is 10.5 Å². The molecule has 0 spiro atoms. The first-order valence-electron chi connectivity index (χ1n) is 12.0. The number of anilines is 1. The zero-order valence-corrected chi connectivity index (χ0v) is 19.0. The highest BCUT2D eigenvalue weighted by molar-refractivity contribution is 5.85. The van der Waals surface area contributed by atoms with Gasteiger partial charge in [0.15, 0.2) is 11.6 Å². The third kappa shape index (κ3) is 3.43. The van der Waals surface area contributed by atoms with E-state index >= 15 is 0 Å². The molecular weight excluding hydrogens is 438 g/mol. The van der Waals surface area contributed by atoms with E-state index in [1.807, 2.05) is 71.3 Å². The van der Waals surface area contributed by atoms with Gasteiger partial charge in [0.1, 0.15) is 0 Å². The number of piperidine rings is 1. The lowest BCUT2D eigenvalue weighted by atomic mass is 9.83. The van der Waals surface area contributed by atoms with Crippen molar-refractivity contribution in [1.29, 1.82) is 0 Å². The minimum absolute atomic E-state index is 0.0872. The topological polar surface area (TPSA) is 77.1 Å². The molecule has 2 aliphatic rings. The van der Waals surface area contributed by atoms with Gasteiger partial charge in [-0.3, -0.25) is 4.79 Å². The lowest BCUT2D eigenvalue weighted by Gasteiger charge is -2.43. The van der Waals surface area contributed by atoms with Gasteiger partial charge in [-0.2, -0.15) is 4.98 Å². The summed E-state index contributed by atoms with van der Waals surface area (Å²) in [5.74, 6) is 2.56. The Labute approximate surface area is 201 Å². The van der Waals surface area contributed by atoms with Gasteiger partial charge in [0, 0.05) is 48.4 Å². The third-order valence-corrected chi connectivity index (χ3v) is 7.07. The third-order valence-electron chi connectivity index (χ3n) is 7.07. The van der Waals surface area contributed by atoms with Crippen molar-refractivity contribution < 1.29 is 4.42 Å². The molecule has 35 heavy (non-hydrogen) atoms. The molecule has 7 rings (SSSR count). The molecule has 5 aromatic rings. The maximum absolute atomic E-state index is 12.5. The first-order valence-corrected chi connectivity index (χ1v) is 12.0. The lowest BCUT2D eigenvalue weighted by molar-refractivity contribution is 0.280. The van der Waals surface area contributed by atoms with Gasteiger partial charge in [0.05, 0.1) is 0 Å². The van der Waals surface area contributed by atoms with Gasteiger partial charge in [0.25, 0.3) is 5.56 Å². The number of pyridine rings is 1. The van der Waals surface area contributed by atoms with Crippen LogP contribution in [0.25, 0.3) is 34.1 Å². The fourth-order valence-electron chi connectivity index (χ4n) is 5.51. The van der Waals surface area contributed by atoms with Gasteiger partial charge in [-0.05, 0) is 30.5 Å². The highest BCUT2D eigenvalue weighted by atomic mass is 16.4. The Hall–Kier alpha value is -4.26. The van der Waals surface area contributed by atoms with Gasteiger partial charge < -0.3 is 13.9 Å². The molecule has 1 saturated heterocycles. The van der Waals surface area contributed by atoms with Crippen LogP contribution >= 0.6 is 0 Å². The second-order valence-electron chi connectivity index (χ2n) is 9.38. The van der Waals surface area contributed by atoms with E-state index in [0.717, 1.165) is 48.7 Å². The molecule has 0 N–H and O–H groups in total. The van der Waals surface area contributed by atoms with Gasteiger partial charge in [-0.15, -0.1) is 0 Å². The first-order chi connectivity index (χ1) is 17.2.